The van der Waals surface area contributed by atoms with Crippen LogP contribution in [0.5, 0.6) is 0 Å². The highest BCUT2D eigenvalue weighted by Gasteiger charge is 2.36. The van der Waals surface area contributed by atoms with Crippen molar-refractivity contribution in [2.75, 3.05) is 12.3 Å². The molecule has 0 bridgehead atoms. The summed E-state index contributed by atoms with van der Waals surface area (Å²) in [6, 6.07) is 15.9. The lowest BCUT2D eigenvalue weighted by molar-refractivity contribution is 0.0408. The van der Waals surface area contributed by atoms with Gasteiger partial charge in [-0.05, 0) is 74.3 Å². The molecule has 0 spiro atoms. The zero-order valence-electron chi connectivity index (χ0n) is 23.6. The van der Waals surface area contributed by atoms with Crippen molar-refractivity contribution in [3.63, 3.8) is 0 Å². The molecule has 1 saturated carbocycles. The van der Waals surface area contributed by atoms with E-state index in [-0.39, 0.29) is 11.0 Å². The first kappa shape index (κ1) is 29.0. The van der Waals surface area contributed by atoms with Crippen molar-refractivity contribution in [3.8, 4) is 0 Å². The number of nitrogen functional groups attached to an aromatic ring is 1. The second-order valence-corrected chi connectivity index (χ2v) is 12.6. The zero-order valence-corrected chi connectivity index (χ0v) is 23.6. The number of rotatable bonds is 8. The van der Waals surface area contributed by atoms with Crippen molar-refractivity contribution in [2.45, 2.75) is 109 Å². The molecule has 37 heavy (non-hydrogen) atoms. The second kappa shape index (κ2) is 11.9. The third-order valence-electron chi connectivity index (χ3n) is 7.24. The standard InChI is InChI=1S/C31H47N3O3/c1-29(2,3)23-11-10-12-24(20-23)31(17-8-7-9-18-31)33-21-27(35)26(34-28(36)37-30(4,5)6)19-22-13-15-25(32)16-14-22/h10-16,20,26-27,33,35H,7-9,17-19,21,32H2,1-6H3,(H,34,36)/t26-,27-/m0/s1. The van der Waals surface area contributed by atoms with Crippen LogP contribution in [0.2, 0.25) is 0 Å². The number of aliphatic hydroxyl groups is 1. The minimum Gasteiger partial charge on any atom is -0.444 e. The molecule has 0 radical (unpaired) electrons. The smallest absolute Gasteiger partial charge is 0.407 e. The first-order valence-corrected chi connectivity index (χ1v) is 13.7. The monoisotopic (exact) mass is 509 g/mol. The molecule has 0 aliphatic heterocycles. The van der Waals surface area contributed by atoms with Crippen molar-refractivity contribution in [1.82, 2.24) is 10.6 Å². The molecular formula is C31H47N3O3. The lowest BCUT2D eigenvalue weighted by Gasteiger charge is -2.41. The van der Waals surface area contributed by atoms with E-state index in [2.05, 4.69) is 55.7 Å². The van der Waals surface area contributed by atoms with Gasteiger partial charge in [0.15, 0.2) is 0 Å². The predicted molar refractivity (Wildman–Crippen MR) is 152 cm³/mol. The molecular weight excluding hydrogens is 462 g/mol. The van der Waals surface area contributed by atoms with Gasteiger partial charge < -0.3 is 26.2 Å². The SMILES string of the molecule is CC(C)(C)OC(=O)N[C@@H](Cc1ccc(N)cc1)[C@@H](O)CNC1(c2cccc(C(C)(C)C)c2)CCCCC1. The van der Waals surface area contributed by atoms with Crippen molar-refractivity contribution >= 4 is 11.8 Å². The van der Waals surface area contributed by atoms with Crippen molar-refractivity contribution in [2.24, 2.45) is 0 Å². The van der Waals surface area contributed by atoms with Crippen LogP contribution in [0.15, 0.2) is 48.5 Å². The number of carbonyl (C=O) groups excluding carboxylic acids is 1. The fourth-order valence-corrected chi connectivity index (χ4v) is 5.10. The molecule has 1 aliphatic rings. The number of benzene rings is 2. The maximum Gasteiger partial charge on any atom is 0.407 e. The predicted octanol–water partition coefficient (Wildman–Crippen LogP) is 5.81. The lowest BCUT2D eigenvalue weighted by atomic mass is 9.74. The van der Waals surface area contributed by atoms with E-state index in [1.54, 1.807) is 0 Å². The average molecular weight is 510 g/mol. The highest BCUT2D eigenvalue weighted by atomic mass is 16.6. The Morgan fingerprint density at radius 3 is 2.27 bits per heavy atom. The summed E-state index contributed by atoms with van der Waals surface area (Å²) < 4.78 is 5.50. The van der Waals surface area contributed by atoms with E-state index < -0.39 is 23.8 Å². The topological polar surface area (TPSA) is 96.6 Å². The van der Waals surface area contributed by atoms with Crippen molar-refractivity contribution in [3.05, 3.63) is 65.2 Å². The molecule has 0 unspecified atom stereocenters. The number of hydrogen-bond acceptors (Lipinski definition) is 5. The molecule has 1 aliphatic carbocycles. The van der Waals surface area contributed by atoms with Gasteiger partial charge in [-0.2, -0.15) is 0 Å². The number of amides is 1. The highest BCUT2D eigenvalue weighted by Crippen LogP contribution is 2.38. The van der Waals surface area contributed by atoms with E-state index >= 15 is 0 Å². The molecule has 6 heteroatoms. The molecule has 1 amide bonds. The van der Waals surface area contributed by atoms with Gasteiger partial charge in [0, 0.05) is 17.8 Å². The van der Waals surface area contributed by atoms with Gasteiger partial charge in [0.1, 0.15) is 5.60 Å². The second-order valence-electron chi connectivity index (χ2n) is 12.6. The Labute approximate surface area is 223 Å². The van der Waals surface area contributed by atoms with Gasteiger partial charge in [-0.1, -0.05) is 76.4 Å². The molecule has 2 atom stereocenters. The van der Waals surface area contributed by atoms with Crippen LogP contribution in [-0.2, 0) is 22.1 Å². The normalized spacial score (nSPS) is 17.6. The van der Waals surface area contributed by atoms with Crippen LogP contribution in [0.25, 0.3) is 0 Å². The Kier molecular flexibility index (Phi) is 9.30. The first-order chi connectivity index (χ1) is 17.3. The number of ether oxygens (including phenoxy) is 1. The average Bonchev–Trinajstić information content (AvgIpc) is 2.82. The van der Waals surface area contributed by atoms with E-state index in [0.29, 0.717) is 18.7 Å². The summed E-state index contributed by atoms with van der Waals surface area (Å²) in [5, 5.41) is 18.1. The van der Waals surface area contributed by atoms with Gasteiger partial charge in [-0.15, -0.1) is 0 Å². The molecule has 1 fully saturated rings. The van der Waals surface area contributed by atoms with Crippen molar-refractivity contribution in [1.29, 1.82) is 0 Å². The van der Waals surface area contributed by atoms with Gasteiger partial charge in [-0.25, -0.2) is 4.79 Å². The fourth-order valence-electron chi connectivity index (χ4n) is 5.10. The minimum absolute atomic E-state index is 0.0624. The van der Waals surface area contributed by atoms with Crippen LogP contribution in [0.4, 0.5) is 10.5 Å². The third kappa shape index (κ3) is 8.47. The van der Waals surface area contributed by atoms with Gasteiger partial charge in [0.2, 0.25) is 0 Å². The zero-order chi connectivity index (χ0) is 27.3. The van der Waals surface area contributed by atoms with Crippen LogP contribution >= 0.6 is 0 Å². The first-order valence-electron chi connectivity index (χ1n) is 13.7. The molecule has 6 nitrogen and oxygen atoms in total. The van der Waals surface area contributed by atoms with Crippen LogP contribution in [0, 0.1) is 0 Å². The Balaban J connectivity index is 1.81. The Bertz CT molecular complexity index is 1020. The van der Waals surface area contributed by atoms with E-state index in [1.165, 1.54) is 17.5 Å². The fraction of sp³-hybridized carbons (Fsp3) is 0.581. The number of alkyl carbamates (subject to hydrolysis) is 1. The molecule has 2 aromatic carbocycles. The molecule has 0 aromatic heterocycles. The van der Waals surface area contributed by atoms with Crippen LogP contribution in [0.1, 0.15) is 90.3 Å². The van der Waals surface area contributed by atoms with E-state index in [0.717, 1.165) is 31.2 Å². The Morgan fingerprint density at radius 2 is 1.68 bits per heavy atom. The van der Waals surface area contributed by atoms with Crippen LogP contribution < -0.4 is 16.4 Å². The number of nitrogens with one attached hydrogen (secondary N) is 2. The van der Waals surface area contributed by atoms with Gasteiger partial charge >= 0.3 is 6.09 Å². The molecule has 3 rings (SSSR count). The van der Waals surface area contributed by atoms with E-state index in [9.17, 15) is 9.90 Å². The van der Waals surface area contributed by atoms with Crippen LogP contribution in [0.3, 0.4) is 0 Å². The number of anilines is 1. The Hall–Kier alpha value is -2.57. The third-order valence-corrected chi connectivity index (χ3v) is 7.24. The maximum absolute atomic E-state index is 12.7. The highest BCUT2D eigenvalue weighted by molar-refractivity contribution is 5.68. The van der Waals surface area contributed by atoms with Crippen molar-refractivity contribution < 1.29 is 14.6 Å². The van der Waals surface area contributed by atoms with E-state index in [4.69, 9.17) is 10.5 Å². The number of aliphatic hydroxyl groups excluding tert-OH is 1. The summed E-state index contributed by atoms with van der Waals surface area (Å²) in [6.45, 7) is 12.6. The summed E-state index contributed by atoms with van der Waals surface area (Å²) in [5.41, 5.74) is 9.36. The largest absolute Gasteiger partial charge is 0.444 e. The minimum atomic E-state index is -0.810. The van der Waals surface area contributed by atoms with Gasteiger partial charge in [0.25, 0.3) is 0 Å². The summed E-state index contributed by atoms with van der Waals surface area (Å²) >= 11 is 0. The summed E-state index contributed by atoms with van der Waals surface area (Å²) in [7, 11) is 0. The summed E-state index contributed by atoms with van der Waals surface area (Å²) in [5.74, 6) is 0. The molecule has 5 N–H and O–H groups in total. The van der Waals surface area contributed by atoms with Gasteiger partial charge in [0.05, 0.1) is 12.1 Å². The van der Waals surface area contributed by atoms with Crippen LogP contribution in [-0.4, -0.2) is 35.5 Å². The molecule has 204 valence electrons. The number of nitrogens with two attached hydrogens (primary N) is 1. The Morgan fingerprint density at radius 1 is 1.03 bits per heavy atom. The van der Waals surface area contributed by atoms with Gasteiger partial charge in [-0.3, -0.25) is 0 Å². The quantitative estimate of drug-likeness (QED) is 0.337. The number of carbonyl (C=O) groups is 1. The maximum atomic E-state index is 12.7. The van der Waals surface area contributed by atoms with E-state index in [1.807, 2.05) is 45.0 Å². The molecule has 0 saturated heterocycles. The molecule has 2 aromatic rings. The number of hydrogen-bond donors (Lipinski definition) is 4. The summed E-state index contributed by atoms with van der Waals surface area (Å²) in [4.78, 5) is 12.7. The molecule has 0 heterocycles. The summed E-state index contributed by atoms with van der Waals surface area (Å²) in [6.07, 6.45) is 4.69. The lowest BCUT2D eigenvalue weighted by Crippen LogP contribution is -2.53.